The molecule has 0 aliphatic heterocycles. The average Bonchev–Trinajstić information content (AvgIpc) is 2.77. The second-order valence-electron chi connectivity index (χ2n) is 3.19. The zero-order chi connectivity index (χ0) is 12.1. The Hall–Kier alpha value is -2.10. The Kier molecular flexibility index (Phi) is 3.83. The van der Waals surface area contributed by atoms with Crippen LogP contribution in [0.1, 0.15) is 18.8 Å². The van der Waals surface area contributed by atoms with Gasteiger partial charge in [-0.1, -0.05) is 13.2 Å². The fourth-order valence-electron chi connectivity index (χ4n) is 1.01. The first-order valence-corrected chi connectivity index (χ1v) is 4.62. The van der Waals surface area contributed by atoms with E-state index in [-0.39, 0.29) is 11.3 Å². The lowest BCUT2D eigenvalue weighted by atomic mass is 10.2. The number of carbonyl (C=O) groups is 2. The van der Waals surface area contributed by atoms with Gasteiger partial charge in [-0.25, -0.2) is 4.79 Å². The Morgan fingerprint density at radius 3 is 2.69 bits per heavy atom. The molecule has 4 nitrogen and oxygen atoms in total. The maximum Gasteiger partial charge on any atom is 0.334 e. The SMILES string of the molecule is C=CC(=O)C(OC(=O)C(=C)C)c1ccco1. The zero-order valence-electron chi connectivity index (χ0n) is 8.93. The minimum absolute atomic E-state index is 0.216. The highest BCUT2D eigenvalue weighted by Crippen LogP contribution is 2.20. The normalized spacial score (nSPS) is 11.6. The van der Waals surface area contributed by atoms with Gasteiger partial charge in [0.15, 0.2) is 5.76 Å². The molecule has 4 heteroatoms. The molecule has 16 heavy (non-hydrogen) atoms. The van der Waals surface area contributed by atoms with Crippen molar-refractivity contribution in [3.63, 3.8) is 0 Å². The van der Waals surface area contributed by atoms with Gasteiger partial charge in [-0.05, 0) is 25.1 Å². The Morgan fingerprint density at radius 2 is 2.25 bits per heavy atom. The number of ketones is 1. The molecule has 1 unspecified atom stereocenters. The number of rotatable bonds is 5. The topological polar surface area (TPSA) is 56.5 Å². The van der Waals surface area contributed by atoms with E-state index in [1.165, 1.54) is 13.2 Å². The molecular formula is C12H12O4. The lowest BCUT2D eigenvalue weighted by molar-refractivity contribution is -0.151. The molecule has 0 bridgehead atoms. The zero-order valence-corrected chi connectivity index (χ0v) is 8.93. The van der Waals surface area contributed by atoms with Gasteiger partial charge >= 0.3 is 5.97 Å². The third kappa shape index (κ3) is 2.70. The van der Waals surface area contributed by atoms with Crippen LogP contribution in [0.2, 0.25) is 0 Å². The molecule has 0 N–H and O–H groups in total. The Bertz CT molecular complexity index is 414. The van der Waals surface area contributed by atoms with Crippen LogP contribution < -0.4 is 0 Å². The third-order valence-electron chi connectivity index (χ3n) is 1.83. The van der Waals surface area contributed by atoms with Gasteiger partial charge in [-0.3, -0.25) is 4.79 Å². The molecule has 0 fully saturated rings. The van der Waals surface area contributed by atoms with Crippen molar-refractivity contribution in [2.45, 2.75) is 13.0 Å². The van der Waals surface area contributed by atoms with Gasteiger partial charge in [0.05, 0.1) is 6.26 Å². The van der Waals surface area contributed by atoms with E-state index in [9.17, 15) is 9.59 Å². The van der Waals surface area contributed by atoms with Crippen molar-refractivity contribution in [3.05, 3.63) is 49.0 Å². The van der Waals surface area contributed by atoms with Gasteiger partial charge in [-0.2, -0.15) is 0 Å². The predicted molar refractivity (Wildman–Crippen MR) is 57.6 cm³/mol. The standard InChI is InChI=1S/C12H12O4/c1-4-9(13)11(10-6-5-7-15-10)16-12(14)8(2)3/h4-7,11H,1-2H2,3H3. The van der Waals surface area contributed by atoms with Gasteiger partial charge in [0.2, 0.25) is 11.9 Å². The van der Waals surface area contributed by atoms with Crippen molar-refractivity contribution >= 4 is 11.8 Å². The van der Waals surface area contributed by atoms with Gasteiger partial charge in [-0.15, -0.1) is 0 Å². The molecule has 0 saturated heterocycles. The summed E-state index contributed by atoms with van der Waals surface area (Å²) in [5.41, 5.74) is 0.216. The molecule has 1 rings (SSSR count). The Balaban J connectivity index is 2.89. The van der Waals surface area contributed by atoms with Crippen LogP contribution in [0, 0.1) is 0 Å². The van der Waals surface area contributed by atoms with E-state index < -0.39 is 17.9 Å². The monoisotopic (exact) mass is 220 g/mol. The summed E-state index contributed by atoms with van der Waals surface area (Å²) in [5, 5.41) is 0. The highest BCUT2D eigenvalue weighted by molar-refractivity contribution is 5.96. The minimum Gasteiger partial charge on any atom is -0.465 e. The van der Waals surface area contributed by atoms with E-state index >= 15 is 0 Å². The first-order chi connectivity index (χ1) is 7.56. The smallest absolute Gasteiger partial charge is 0.334 e. The van der Waals surface area contributed by atoms with Crippen molar-refractivity contribution in [2.24, 2.45) is 0 Å². The first-order valence-electron chi connectivity index (χ1n) is 4.62. The minimum atomic E-state index is -1.09. The summed E-state index contributed by atoms with van der Waals surface area (Å²) < 4.78 is 9.98. The Morgan fingerprint density at radius 1 is 1.56 bits per heavy atom. The molecule has 84 valence electrons. The van der Waals surface area contributed by atoms with Crippen LogP contribution in [0.25, 0.3) is 0 Å². The van der Waals surface area contributed by atoms with E-state index in [1.54, 1.807) is 12.1 Å². The highest BCUT2D eigenvalue weighted by atomic mass is 16.6. The number of ether oxygens (including phenoxy) is 1. The maximum atomic E-state index is 11.5. The summed E-state index contributed by atoms with van der Waals surface area (Å²) in [5.74, 6) is -0.819. The van der Waals surface area contributed by atoms with Crippen LogP contribution in [0.15, 0.2) is 47.6 Å². The highest BCUT2D eigenvalue weighted by Gasteiger charge is 2.25. The lowest BCUT2D eigenvalue weighted by Gasteiger charge is -2.12. The second-order valence-corrected chi connectivity index (χ2v) is 3.19. The van der Waals surface area contributed by atoms with Crippen LogP contribution in [0.4, 0.5) is 0 Å². The van der Waals surface area contributed by atoms with Crippen molar-refractivity contribution in [1.29, 1.82) is 0 Å². The molecule has 1 heterocycles. The fourth-order valence-corrected chi connectivity index (χ4v) is 1.01. The number of esters is 1. The number of hydrogen-bond acceptors (Lipinski definition) is 4. The van der Waals surface area contributed by atoms with Gasteiger partial charge < -0.3 is 9.15 Å². The van der Waals surface area contributed by atoms with Gasteiger partial charge in [0, 0.05) is 5.57 Å². The van der Waals surface area contributed by atoms with Crippen molar-refractivity contribution in [2.75, 3.05) is 0 Å². The van der Waals surface area contributed by atoms with Crippen LogP contribution in [-0.2, 0) is 14.3 Å². The quantitative estimate of drug-likeness (QED) is 0.563. The van der Waals surface area contributed by atoms with Crippen LogP contribution >= 0.6 is 0 Å². The average molecular weight is 220 g/mol. The van der Waals surface area contributed by atoms with Crippen molar-refractivity contribution < 1.29 is 18.7 Å². The molecule has 1 aromatic rings. The van der Waals surface area contributed by atoms with Crippen LogP contribution in [-0.4, -0.2) is 11.8 Å². The van der Waals surface area contributed by atoms with Crippen LogP contribution in [0.3, 0.4) is 0 Å². The van der Waals surface area contributed by atoms with E-state index in [0.29, 0.717) is 0 Å². The number of hydrogen-bond donors (Lipinski definition) is 0. The molecule has 0 spiro atoms. The molecule has 0 aliphatic carbocycles. The molecule has 0 radical (unpaired) electrons. The fraction of sp³-hybridized carbons (Fsp3) is 0.167. The molecule has 0 amide bonds. The van der Waals surface area contributed by atoms with Gasteiger partial charge in [0.1, 0.15) is 0 Å². The maximum absolute atomic E-state index is 11.5. The van der Waals surface area contributed by atoms with Crippen LogP contribution in [0.5, 0.6) is 0 Å². The van der Waals surface area contributed by atoms with E-state index in [0.717, 1.165) is 6.08 Å². The van der Waals surface area contributed by atoms with E-state index in [2.05, 4.69) is 13.2 Å². The summed E-state index contributed by atoms with van der Waals surface area (Å²) in [7, 11) is 0. The Labute approximate surface area is 93.2 Å². The molecular weight excluding hydrogens is 208 g/mol. The summed E-state index contributed by atoms with van der Waals surface area (Å²) in [6.07, 6.45) is 1.39. The summed E-state index contributed by atoms with van der Waals surface area (Å²) in [6.45, 7) is 8.27. The second kappa shape index (κ2) is 5.11. The number of furan rings is 1. The van der Waals surface area contributed by atoms with Crippen molar-refractivity contribution in [3.8, 4) is 0 Å². The van der Waals surface area contributed by atoms with Crippen molar-refractivity contribution in [1.82, 2.24) is 0 Å². The van der Waals surface area contributed by atoms with E-state index in [1.807, 2.05) is 0 Å². The largest absolute Gasteiger partial charge is 0.465 e. The predicted octanol–water partition coefficient (Wildman–Crippen LogP) is 2.20. The summed E-state index contributed by atoms with van der Waals surface area (Å²) in [4.78, 5) is 22.8. The third-order valence-corrected chi connectivity index (χ3v) is 1.83. The lowest BCUT2D eigenvalue weighted by Crippen LogP contribution is -2.18. The first kappa shape index (κ1) is 12.0. The molecule has 1 atom stereocenters. The summed E-state index contributed by atoms with van der Waals surface area (Å²) in [6, 6.07) is 3.16. The number of carbonyl (C=O) groups excluding carboxylic acids is 2. The van der Waals surface area contributed by atoms with E-state index in [4.69, 9.17) is 9.15 Å². The molecule has 0 aliphatic rings. The van der Waals surface area contributed by atoms with Gasteiger partial charge in [0.25, 0.3) is 0 Å². The molecule has 0 saturated carbocycles. The summed E-state index contributed by atoms with van der Waals surface area (Å²) >= 11 is 0. The molecule has 0 aromatic carbocycles. The molecule has 1 aromatic heterocycles.